The summed E-state index contributed by atoms with van der Waals surface area (Å²) in [4.78, 5) is 16.3. The van der Waals surface area contributed by atoms with Crippen molar-refractivity contribution in [2.45, 2.75) is 39.7 Å². The lowest BCUT2D eigenvalue weighted by Gasteiger charge is -2.46. The Labute approximate surface area is 163 Å². The summed E-state index contributed by atoms with van der Waals surface area (Å²) in [7, 11) is 0. The molecule has 7 heteroatoms. The number of hydrogen-bond acceptors (Lipinski definition) is 5. The van der Waals surface area contributed by atoms with Crippen molar-refractivity contribution in [3.05, 3.63) is 36.7 Å². The van der Waals surface area contributed by atoms with E-state index in [9.17, 15) is 0 Å². The quantitative estimate of drug-likeness (QED) is 0.549. The Morgan fingerprint density at radius 2 is 1.96 bits per heavy atom. The maximum Gasteiger partial charge on any atom is 0.177 e. The van der Waals surface area contributed by atoms with Crippen molar-refractivity contribution >= 4 is 22.5 Å². The Balaban J connectivity index is 1.52. The molecule has 0 radical (unpaired) electrons. The van der Waals surface area contributed by atoms with Crippen LogP contribution in [0.3, 0.4) is 0 Å². The molecular weight excluding hydrogens is 350 g/mol. The van der Waals surface area contributed by atoms with Crippen LogP contribution in [-0.2, 0) is 0 Å². The number of aromatic nitrogens is 6. The van der Waals surface area contributed by atoms with Gasteiger partial charge >= 0.3 is 0 Å². The highest BCUT2D eigenvalue weighted by Gasteiger charge is 2.36. The zero-order valence-corrected chi connectivity index (χ0v) is 16.4. The molecule has 1 aliphatic carbocycles. The van der Waals surface area contributed by atoms with Crippen LogP contribution in [0.25, 0.3) is 27.8 Å². The molecule has 0 aromatic carbocycles. The minimum atomic E-state index is 0.337. The molecule has 0 amide bonds. The highest BCUT2D eigenvalue weighted by atomic mass is 15.3. The minimum absolute atomic E-state index is 0.337. The topological polar surface area (TPSA) is 64.1 Å². The van der Waals surface area contributed by atoms with E-state index >= 15 is 0 Å². The fourth-order valence-electron chi connectivity index (χ4n) is 4.57. The van der Waals surface area contributed by atoms with Crippen LogP contribution in [0.5, 0.6) is 0 Å². The SMILES string of the molecule is Cc1nc2ncc(-c3ccn4ncnc(N5CC(C)(C)C5)c34)cc2n1C1CC1. The van der Waals surface area contributed by atoms with E-state index in [1.165, 1.54) is 12.8 Å². The van der Waals surface area contributed by atoms with Crippen LogP contribution in [0.2, 0.25) is 0 Å². The fraction of sp³-hybridized carbons (Fsp3) is 0.429. The third kappa shape index (κ3) is 2.28. The number of pyridine rings is 1. The van der Waals surface area contributed by atoms with E-state index in [0.29, 0.717) is 11.5 Å². The first-order valence-electron chi connectivity index (χ1n) is 9.92. The largest absolute Gasteiger partial charge is 0.354 e. The lowest BCUT2D eigenvalue weighted by molar-refractivity contribution is 0.275. The average molecular weight is 373 g/mol. The standard InChI is InChI=1S/C21H23N7/c1-13-25-19-17(28(13)15-4-5-15)8-14(9-22-19)16-6-7-27-18(16)20(23-12-24-27)26-10-21(2,3)11-26/h6-9,12,15H,4-5,10-11H2,1-3H3. The van der Waals surface area contributed by atoms with Gasteiger partial charge in [-0.25, -0.2) is 19.5 Å². The van der Waals surface area contributed by atoms with Crippen LogP contribution in [0.4, 0.5) is 5.82 Å². The van der Waals surface area contributed by atoms with Crippen molar-refractivity contribution in [2.24, 2.45) is 5.41 Å². The maximum absolute atomic E-state index is 4.67. The van der Waals surface area contributed by atoms with Crippen LogP contribution < -0.4 is 4.90 Å². The molecule has 7 nitrogen and oxygen atoms in total. The third-order valence-corrected chi connectivity index (χ3v) is 5.92. The summed E-state index contributed by atoms with van der Waals surface area (Å²) in [6.45, 7) is 8.68. The average Bonchev–Trinajstić information content (AvgIpc) is 3.28. The number of hydrogen-bond donors (Lipinski definition) is 0. The monoisotopic (exact) mass is 373 g/mol. The Bertz CT molecular complexity index is 1220. The van der Waals surface area contributed by atoms with E-state index in [1.54, 1.807) is 6.33 Å². The highest BCUT2D eigenvalue weighted by Crippen LogP contribution is 2.40. The molecule has 1 aliphatic heterocycles. The lowest BCUT2D eigenvalue weighted by Crippen LogP contribution is -2.53. The van der Waals surface area contributed by atoms with Crippen molar-refractivity contribution in [2.75, 3.05) is 18.0 Å². The number of fused-ring (bicyclic) bond motifs is 2. The van der Waals surface area contributed by atoms with Gasteiger partial charge < -0.3 is 9.47 Å². The Kier molecular flexibility index (Phi) is 3.04. The van der Waals surface area contributed by atoms with E-state index in [-0.39, 0.29) is 0 Å². The van der Waals surface area contributed by atoms with Crippen LogP contribution in [0, 0.1) is 12.3 Å². The summed E-state index contributed by atoms with van der Waals surface area (Å²) < 4.78 is 4.27. The maximum atomic E-state index is 4.67. The molecule has 0 atom stereocenters. The van der Waals surface area contributed by atoms with E-state index in [0.717, 1.165) is 52.5 Å². The van der Waals surface area contributed by atoms with E-state index in [1.807, 2.05) is 16.9 Å². The molecule has 0 N–H and O–H groups in total. The van der Waals surface area contributed by atoms with Crippen LogP contribution >= 0.6 is 0 Å². The molecule has 6 rings (SSSR count). The number of imidazole rings is 1. The van der Waals surface area contributed by atoms with Gasteiger partial charge in [-0.3, -0.25) is 0 Å². The van der Waals surface area contributed by atoms with Gasteiger partial charge in [0.05, 0.1) is 5.52 Å². The lowest BCUT2D eigenvalue weighted by atomic mass is 9.84. The molecule has 2 aliphatic rings. The van der Waals surface area contributed by atoms with Gasteiger partial charge in [0.2, 0.25) is 0 Å². The Hall–Kier alpha value is -2.96. The van der Waals surface area contributed by atoms with Gasteiger partial charge in [-0.1, -0.05) is 13.8 Å². The molecule has 0 bridgehead atoms. The second-order valence-corrected chi connectivity index (χ2v) is 8.95. The van der Waals surface area contributed by atoms with E-state index in [2.05, 4.69) is 62.4 Å². The molecule has 2 fully saturated rings. The first-order valence-corrected chi connectivity index (χ1v) is 9.92. The van der Waals surface area contributed by atoms with Gasteiger partial charge in [0.25, 0.3) is 0 Å². The molecule has 1 saturated heterocycles. The van der Waals surface area contributed by atoms with Gasteiger partial charge in [0, 0.05) is 42.7 Å². The first-order chi connectivity index (χ1) is 13.5. The molecule has 28 heavy (non-hydrogen) atoms. The van der Waals surface area contributed by atoms with Gasteiger partial charge in [0.15, 0.2) is 11.5 Å². The van der Waals surface area contributed by atoms with E-state index < -0.39 is 0 Å². The van der Waals surface area contributed by atoms with E-state index in [4.69, 9.17) is 0 Å². The second-order valence-electron chi connectivity index (χ2n) is 8.95. The highest BCUT2D eigenvalue weighted by molar-refractivity contribution is 5.91. The molecule has 0 unspecified atom stereocenters. The molecule has 4 aromatic heterocycles. The molecule has 4 aromatic rings. The molecule has 1 saturated carbocycles. The van der Waals surface area contributed by atoms with Crippen molar-refractivity contribution in [3.8, 4) is 11.1 Å². The van der Waals surface area contributed by atoms with Crippen LogP contribution in [-0.4, -0.2) is 42.2 Å². The van der Waals surface area contributed by atoms with Gasteiger partial charge in [-0.05, 0) is 37.3 Å². The predicted octanol–water partition coefficient (Wildman–Crippen LogP) is 3.63. The Morgan fingerprint density at radius 3 is 2.71 bits per heavy atom. The van der Waals surface area contributed by atoms with Gasteiger partial charge in [-0.2, -0.15) is 5.10 Å². The smallest absolute Gasteiger partial charge is 0.177 e. The zero-order chi connectivity index (χ0) is 19.0. The van der Waals surface area contributed by atoms with Gasteiger partial charge in [-0.15, -0.1) is 0 Å². The zero-order valence-electron chi connectivity index (χ0n) is 16.4. The summed E-state index contributed by atoms with van der Waals surface area (Å²) >= 11 is 0. The second kappa shape index (κ2) is 5.31. The Morgan fingerprint density at radius 1 is 1.14 bits per heavy atom. The number of nitrogens with zero attached hydrogens (tertiary/aromatic N) is 7. The summed E-state index contributed by atoms with van der Waals surface area (Å²) in [5.41, 5.74) is 5.55. The summed E-state index contributed by atoms with van der Waals surface area (Å²) in [6, 6.07) is 4.92. The number of aryl methyl sites for hydroxylation is 1. The fourth-order valence-corrected chi connectivity index (χ4v) is 4.57. The summed E-state index contributed by atoms with van der Waals surface area (Å²) in [6.07, 6.45) is 8.04. The normalized spacial score (nSPS) is 18.8. The van der Waals surface area contributed by atoms with Crippen LogP contribution in [0.15, 0.2) is 30.9 Å². The van der Waals surface area contributed by atoms with Crippen molar-refractivity contribution in [1.29, 1.82) is 0 Å². The molecule has 142 valence electrons. The molecule has 5 heterocycles. The first kappa shape index (κ1) is 16.0. The summed E-state index contributed by atoms with van der Waals surface area (Å²) in [5.74, 6) is 2.05. The third-order valence-electron chi connectivity index (χ3n) is 5.92. The summed E-state index contributed by atoms with van der Waals surface area (Å²) in [5, 5.41) is 4.43. The van der Waals surface area contributed by atoms with Crippen molar-refractivity contribution in [3.63, 3.8) is 0 Å². The van der Waals surface area contributed by atoms with Crippen molar-refractivity contribution < 1.29 is 0 Å². The minimum Gasteiger partial charge on any atom is -0.354 e. The van der Waals surface area contributed by atoms with Crippen molar-refractivity contribution in [1.82, 2.24) is 29.1 Å². The predicted molar refractivity (Wildman–Crippen MR) is 109 cm³/mol. The van der Waals surface area contributed by atoms with Gasteiger partial charge in [0.1, 0.15) is 17.7 Å². The molecule has 0 spiro atoms. The molecular formula is C21H23N7. The number of rotatable bonds is 3. The number of anilines is 1. The van der Waals surface area contributed by atoms with Crippen LogP contribution in [0.1, 0.15) is 38.6 Å².